The molecule has 0 spiro atoms. The number of hydrogen-bond donors (Lipinski definition) is 0. The van der Waals surface area contributed by atoms with E-state index in [1.807, 2.05) is 0 Å². The second-order valence-corrected chi connectivity index (χ2v) is 8.34. The molecule has 1 aromatic rings. The van der Waals surface area contributed by atoms with Gasteiger partial charge in [0.2, 0.25) is 6.29 Å². The van der Waals surface area contributed by atoms with Gasteiger partial charge in [0.25, 0.3) is 0 Å². The van der Waals surface area contributed by atoms with Gasteiger partial charge in [-0.25, -0.2) is 0 Å². The summed E-state index contributed by atoms with van der Waals surface area (Å²) in [6.07, 6.45) is -2.86. The Bertz CT molecular complexity index is 886. The molecule has 0 aliphatic carbocycles. The molecule has 2 rings (SSSR count). The first-order valence-corrected chi connectivity index (χ1v) is 11.1. The smallest absolute Gasteiger partial charge is 0.305 e. The Morgan fingerprint density at radius 3 is 2.03 bits per heavy atom. The predicted octanol–water partition coefficient (Wildman–Crippen LogP) is 1.91. The maximum absolute atomic E-state index is 11.9. The summed E-state index contributed by atoms with van der Waals surface area (Å²) < 4.78 is 27.2. The van der Waals surface area contributed by atoms with Crippen molar-refractivity contribution in [3.8, 4) is 5.75 Å². The van der Waals surface area contributed by atoms with Crippen LogP contribution in [0.25, 0.3) is 0 Å². The number of esters is 3. The number of methoxy groups -OCH3 is 1. The third kappa shape index (κ3) is 8.17. The van der Waals surface area contributed by atoms with Crippen LogP contribution in [0.2, 0.25) is 0 Å². The number of aliphatic imine (C=N–C) groups is 1. The minimum absolute atomic E-state index is 0.0811. The van der Waals surface area contributed by atoms with E-state index in [0.717, 1.165) is 11.8 Å². The molecule has 1 saturated heterocycles. The topological polar surface area (TPSA) is 127 Å². The van der Waals surface area contributed by atoms with E-state index in [4.69, 9.17) is 23.7 Å². The monoisotopic (exact) mass is 481 g/mol. The first kappa shape index (κ1) is 26.3. The number of hydrogen-bond acceptors (Lipinski definition) is 11. The highest BCUT2D eigenvalue weighted by atomic mass is 32.2. The number of thioether (sulfide) groups is 1. The van der Waals surface area contributed by atoms with E-state index in [9.17, 15) is 19.2 Å². The van der Waals surface area contributed by atoms with Crippen LogP contribution in [-0.2, 0) is 38.1 Å². The van der Waals surface area contributed by atoms with Gasteiger partial charge in [0.1, 0.15) is 11.9 Å². The van der Waals surface area contributed by atoms with Crippen molar-refractivity contribution >= 4 is 41.0 Å². The third-order valence-electron chi connectivity index (χ3n) is 4.46. The third-order valence-corrected chi connectivity index (χ3v) is 5.36. The molecule has 1 aliphatic rings. The maximum Gasteiger partial charge on any atom is 0.305 e. The zero-order chi connectivity index (χ0) is 24.5. The highest BCUT2D eigenvalue weighted by Gasteiger charge is 2.51. The van der Waals surface area contributed by atoms with Crippen molar-refractivity contribution in [1.82, 2.24) is 0 Å². The van der Waals surface area contributed by atoms with Gasteiger partial charge < -0.3 is 23.7 Å². The van der Waals surface area contributed by atoms with Crippen molar-refractivity contribution in [2.45, 2.75) is 58.3 Å². The molecule has 1 fully saturated rings. The number of carbonyl (C=O) groups excluding carboxylic acids is 4. The number of ether oxygens (including phenoxy) is 5. The molecule has 0 radical (unpaired) electrons. The van der Waals surface area contributed by atoms with Crippen molar-refractivity contribution in [1.29, 1.82) is 0 Å². The number of nitrogens with zero attached hydrogens (tertiary/aromatic N) is 1. The maximum atomic E-state index is 11.9. The van der Waals surface area contributed by atoms with Gasteiger partial charge >= 0.3 is 17.9 Å². The largest absolute Gasteiger partial charge is 0.497 e. The summed E-state index contributed by atoms with van der Waals surface area (Å²) in [5, 5.41) is -0.187. The fourth-order valence-electron chi connectivity index (χ4n) is 3.17. The Hall–Kier alpha value is -2.92. The van der Waals surface area contributed by atoms with E-state index in [2.05, 4.69) is 4.99 Å². The molecule has 5 atom stereocenters. The fraction of sp³-hybridized carbons (Fsp3) is 0.500. The fourth-order valence-corrected chi connectivity index (χ4v) is 3.83. The summed E-state index contributed by atoms with van der Waals surface area (Å²) in [6.45, 7) is 4.98. The van der Waals surface area contributed by atoms with Crippen LogP contribution in [0.1, 0.15) is 33.3 Å². The van der Waals surface area contributed by atoms with Crippen LogP contribution in [0.15, 0.2) is 29.3 Å². The lowest BCUT2D eigenvalue weighted by atomic mass is 9.97. The Morgan fingerprint density at radius 1 is 0.939 bits per heavy atom. The molecule has 0 amide bonds. The van der Waals surface area contributed by atoms with E-state index in [1.54, 1.807) is 31.4 Å². The lowest BCUT2D eigenvalue weighted by molar-refractivity contribution is -0.256. The summed E-state index contributed by atoms with van der Waals surface area (Å²) in [5.41, 5.74) is 0.692. The number of carbonyl (C=O) groups is 4. The van der Waals surface area contributed by atoms with Crippen LogP contribution >= 0.6 is 11.8 Å². The van der Waals surface area contributed by atoms with Crippen molar-refractivity contribution in [2.24, 2.45) is 4.99 Å². The Morgan fingerprint density at radius 2 is 1.52 bits per heavy atom. The molecule has 0 aromatic heterocycles. The molecule has 0 unspecified atom stereocenters. The summed E-state index contributed by atoms with van der Waals surface area (Å²) in [6, 6.07) is 5.95. The molecule has 0 saturated carbocycles. The van der Waals surface area contributed by atoms with Gasteiger partial charge in [-0.3, -0.25) is 24.2 Å². The highest BCUT2D eigenvalue weighted by molar-refractivity contribution is 8.13. The lowest BCUT2D eigenvalue weighted by Gasteiger charge is -2.43. The van der Waals surface area contributed by atoms with Gasteiger partial charge in [0, 0.05) is 39.7 Å². The summed E-state index contributed by atoms with van der Waals surface area (Å²) in [7, 11) is 1.55. The second kappa shape index (κ2) is 12.4. The molecule has 1 aliphatic heterocycles. The van der Waals surface area contributed by atoms with E-state index < -0.39 is 48.6 Å². The number of rotatable bonds is 8. The lowest BCUT2D eigenvalue weighted by Crippen LogP contribution is -2.61. The molecule has 10 nitrogen and oxygen atoms in total. The van der Waals surface area contributed by atoms with Gasteiger partial charge in [-0.1, -0.05) is 11.8 Å². The van der Waals surface area contributed by atoms with Crippen LogP contribution in [0.5, 0.6) is 5.75 Å². The Balaban J connectivity index is 2.45. The average Bonchev–Trinajstić information content (AvgIpc) is 2.73. The molecule has 11 heteroatoms. The van der Waals surface area contributed by atoms with Crippen LogP contribution in [0.3, 0.4) is 0 Å². The summed E-state index contributed by atoms with van der Waals surface area (Å²) >= 11 is 0.939. The number of benzene rings is 1. The average molecular weight is 482 g/mol. The van der Waals surface area contributed by atoms with Gasteiger partial charge in [0.05, 0.1) is 7.11 Å². The van der Waals surface area contributed by atoms with E-state index in [0.29, 0.717) is 11.3 Å². The van der Waals surface area contributed by atoms with Crippen molar-refractivity contribution in [3.63, 3.8) is 0 Å². The standard InChI is InChI=1S/C22H27NO9S/c1-12(24)29-20-18(11-33-15(4)27)32-22(31-14(3)26)19(21(20)30-13(2)25)23-10-16-6-8-17(28-5)9-7-16/h6-10,18-22H,11H2,1-5H3/t18-,19-,20-,21-,22-/m0/s1. The predicted molar refractivity (Wildman–Crippen MR) is 119 cm³/mol. The molecular weight excluding hydrogens is 454 g/mol. The van der Waals surface area contributed by atoms with Crippen LogP contribution in [-0.4, -0.2) is 72.7 Å². The van der Waals surface area contributed by atoms with Gasteiger partial charge in [0.15, 0.2) is 23.4 Å². The molecular formula is C22H27NO9S. The van der Waals surface area contributed by atoms with Gasteiger partial charge in [-0.05, 0) is 29.8 Å². The molecule has 0 N–H and O–H groups in total. The van der Waals surface area contributed by atoms with Crippen LogP contribution in [0.4, 0.5) is 0 Å². The normalized spacial score (nSPS) is 24.7. The van der Waals surface area contributed by atoms with Gasteiger partial charge in [-0.15, -0.1) is 0 Å². The highest BCUT2D eigenvalue weighted by Crippen LogP contribution is 2.31. The molecule has 0 bridgehead atoms. The minimum Gasteiger partial charge on any atom is -0.497 e. The molecule has 1 heterocycles. The first-order valence-electron chi connectivity index (χ1n) is 10.1. The van der Waals surface area contributed by atoms with Crippen molar-refractivity contribution in [3.05, 3.63) is 29.8 Å². The van der Waals surface area contributed by atoms with Crippen molar-refractivity contribution < 1.29 is 42.9 Å². The van der Waals surface area contributed by atoms with E-state index >= 15 is 0 Å². The summed E-state index contributed by atoms with van der Waals surface area (Å²) in [4.78, 5) is 51.4. The summed E-state index contributed by atoms with van der Waals surface area (Å²) in [5.74, 6) is -1.19. The Kier molecular flexibility index (Phi) is 9.86. The van der Waals surface area contributed by atoms with Crippen molar-refractivity contribution in [2.75, 3.05) is 12.9 Å². The second-order valence-electron chi connectivity index (χ2n) is 7.14. The van der Waals surface area contributed by atoms with E-state index in [-0.39, 0.29) is 10.9 Å². The van der Waals surface area contributed by atoms with Crippen LogP contribution in [0, 0.1) is 0 Å². The zero-order valence-electron chi connectivity index (χ0n) is 19.0. The SMILES string of the molecule is COc1ccc(C=N[C@@H]2[C@@H](OC(C)=O)O[C@@H](CSC(C)=O)[C@H](OC(C)=O)[C@H]2OC(C)=O)cc1. The quantitative estimate of drug-likeness (QED) is 0.309. The first-order chi connectivity index (χ1) is 15.6. The zero-order valence-corrected chi connectivity index (χ0v) is 19.8. The van der Waals surface area contributed by atoms with Crippen LogP contribution < -0.4 is 4.74 Å². The van der Waals surface area contributed by atoms with Gasteiger partial charge in [-0.2, -0.15) is 0 Å². The minimum atomic E-state index is -1.24. The molecule has 33 heavy (non-hydrogen) atoms. The molecule has 180 valence electrons. The molecule has 1 aromatic carbocycles. The Labute approximate surface area is 195 Å². The van der Waals surface area contributed by atoms with E-state index in [1.165, 1.54) is 33.9 Å².